The molecular weight excluding hydrogens is 386 g/mol. The van der Waals surface area contributed by atoms with Gasteiger partial charge in [0.1, 0.15) is 13.2 Å². The Labute approximate surface area is 172 Å². The number of thiophene rings is 1. The second-order valence-corrected chi connectivity index (χ2v) is 7.47. The maximum atomic E-state index is 13.1. The van der Waals surface area contributed by atoms with Gasteiger partial charge >= 0.3 is 0 Å². The van der Waals surface area contributed by atoms with Crippen molar-refractivity contribution in [3.05, 3.63) is 70.4 Å². The van der Waals surface area contributed by atoms with Crippen LogP contribution in [0.5, 0.6) is 11.5 Å². The van der Waals surface area contributed by atoms with Gasteiger partial charge in [0, 0.05) is 22.3 Å². The van der Waals surface area contributed by atoms with E-state index in [4.69, 9.17) is 14.7 Å². The average molecular weight is 405 g/mol. The molecule has 0 bridgehead atoms. The van der Waals surface area contributed by atoms with Crippen LogP contribution in [0.3, 0.4) is 0 Å². The highest BCUT2D eigenvalue weighted by atomic mass is 32.1. The zero-order valence-electron chi connectivity index (χ0n) is 15.6. The van der Waals surface area contributed by atoms with Crippen molar-refractivity contribution in [2.24, 2.45) is 0 Å². The van der Waals surface area contributed by atoms with E-state index in [2.05, 4.69) is 11.4 Å². The summed E-state index contributed by atoms with van der Waals surface area (Å²) in [6.07, 6.45) is 0. The molecule has 1 aliphatic rings. The maximum Gasteiger partial charge on any atom is 0.246 e. The first-order valence-electron chi connectivity index (χ1n) is 9.19. The van der Waals surface area contributed by atoms with Gasteiger partial charge in [-0.3, -0.25) is 4.79 Å². The number of nitrogens with one attached hydrogen (secondary N) is 1. The summed E-state index contributed by atoms with van der Waals surface area (Å²) in [5.41, 5.74) is 2.03. The fourth-order valence-corrected chi connectivity index (χ4v) is 3.75. The van der Waals surface area contributed by atoms with E-state index >= 15 is 0 Å². The molecule has 0 fully saturated rings. The largest absolute Gasteiger partial charge is 0.486 e. The van der Waals surface area contributed by atoms with Crippen molar-refractivity contribution >= 4 is 28.6 Å². The molecule has 1 N–H and O–H groups in total. The minimum absolute atomic E-state index is 0.0857. The summed E-state index contributed by atoms with van der Waals surface area (Å²) in [5, 5.41) is 14.2. The molecule has 1 aliphatic heterocycles. The summed E-state index contributed by atoms with van der Waals surface area (Å²) in [7, 11) is 0. The van der Waals surface area contributed by atoms with E-state index in [1.807, 2.05) is 41.8 Å². The van der Waals surface area contributed by atoms with Gasteiger partial charge in [-0.1, -0.05) is 12.1 Å². The van der Waals surface area contributed by atoms with Crippen LogP contribution in [0.25, 0.3) is 0 Å². The lowest BCUT2D eigenvalue weighted by Gasteiger charge is -2.25. The van der Waals surface area contributed by atoms with Crippen molar-refractivity contribution in [1.82, 2.24) is 0 Å². The van der Waals surface area contributed by atoms with Crippen LogP contribution in [-0.4, -0.2) is 25.7 Å². The number of carbonyl (C=O) groups excluding carboxylic acids is 1. The van der Waals surface area contributed by atoms with Gasteiger partial charge < -0.3 is 19.7 Å². The first-order chi connectivity index (χ1) is 14.2. The van der Waals surface area contributed by atoms with Crippen molar-refractivity contribution in [3.63, 3.8) is 0 Å². The smallest absolute Gasteiger partial charge is 0.246 e. The fourth-order valence-electron chi connectivity index (χ4n) is 3.05. The number of fused-ring (bicyclic) bond motifs is 1. The predicted octanol–water partition coefficient (Wildman–Crippen LogP) is 4.04. The predicted molar refractivity (Wildman–Crippen MR) is 113 cm³/mol. The number of hydrogen-bond donors (Lipinski definition) is 1. The average Bonchev–Trinajstić information content (AvgIpc) is 3.29. The number of ether oxygens (including phenoxy) is 2. The molecular formula is C22H19N3O3S. The van der Waals surface area contributed by atoms with Crippen molar-refractivity contribution in [1.29, 1.82) is 5.26 Å². The van der Waals surface area contributed by atoms with Gasteiger partial charge in [0.25, 0.3) is 0 Å². The molecule has 2 heterocycles. The molecule has 7 heteroatoms. The van der Waals surface area contributed by atoms with Crippen LogP contribution < -0.4 is 19.7 Å². The number of carbonyl (C=O) groups is 1. The Balaban J connectivity index is 1.55. The van der Waals surface area contributed by atoms with E-state index < -0.39 is 0 Å². The summed E-state index contributed by atoms with van der Waals surface area (Å²) in [6, 6.07) is 18.7. The molecule has 0 saturated heterocycles. The van der Waals surface area contributed by atoms with Crippen LogP contribution in [0.4, 0.5) is 11.4 Å². The number of rotatable bonds is 6. The molecule has 0 saturated carbocycles. The summed E-state index contributed by atoms with van der Waals surface area (Å²) in [5.74, 6) is 1.25. The molecule has 0 aliphatic carbocycles. The third kappa shape index (κ3) is 4.50. The van der Waals surface area contributed by atoms with Crippen molar-refractivity contribution in [2.75, 3.05) is 30.0 Å². The van der Waals surface area contributed by atoms with E-state index in [-0.39, 0.29) is 12.5 Å². The first kappa shape index (κ1) is 18.8. The number of nitriles is 1. The molecule has 146 valence electrons. The monoisotopic (exact) mass is 405 g/mol. The van der Waals surface area contributed by atoms with Crippen LogP contribution in [0.2, 0.25) is 0 Å². The Bertz CT molecular complexity index is 1040. The Morgan fingerprint density at radius 1 is 1.10 bits per heavy atom. The summed E-state index contributed by atoms with van der Waals surface area (Å²) in [4.78, 5) is 15.9. The van der Waals surface area contributed by atoms with Crippen LogP contribution >= 0.6 is 11.3 Å². The van der Waals surface area contributed by atoms with E-state index in [0.29, 0.717) is 36.8 Å². The molecule has 29 heavy (non-hydrogen) atoms. The van der Waals surface area contributed by atoms with Crippen LogP contribution in [0.1, 0.15) is 10.4 Å². The Hall–Kier alpha value is -3.50. The normalized spacial score (nSPS) is 12.1. The van der Waals surface area contributed by atoms with E-state index in [9.17, 15) is 4.79 Å². The zero-order valence-corrected chi connectivity index (χ0v) is 16.4. The number of nitrogens with zero attached hydrogens (tertiary/aromatic N) is 2. The van der Waals surface area contributed by atoms with E-state index in [1.165, 1.54) is 0 Å². The third-order valence-electron chi connectivity index (χ3n) is 4.47. The van der Waals surface area contributed by atoms with Crippen molar-refractivity contribution in [2.45, 2.75) is 6.54 Å². The molecule has 2 aromatic carbocycles. The Kier molecular flexibility index (Phi) is 5.63. The number of anilines is 2. The van der Waals surface area contributed by atoms with Gasteiger partial charge in [0.2, 0.25) is 5.91 Å². The second-order valence-electron chi connectivity index (χ2n) is 6.43. The molecule has 3 aromatic rings. The molecule has 1 aromatic heterocycles. The number of benzene rings is 2. The molecule has 6 nitrogen and oxygen atoms in total. The third-order valence-corrected chi connectivity index (χ3v) is 5.33. The van der Waals surface area contributed by atoms with Gasteiger partial charge in [-0.15, -0.1) is 11.3 Å². The lowest BCUT2D eigenvalue weighted by molar-refractivity contribution is -0.117. The first-order valence-corrected chi connectivity index (χ1v) is 10.1. The van der Waals surface area contributed by atoms with Gasteiger partial charge in [0.15, 0.2) is 11.5 Å². The summed E-state index contributed by atoms with van der Waals surface area (Å²) < 4.78 is 11.3. The second kappa shape index (κ2) is 8.67. The van der Waals surface area contributed by atoms with Crippen molar-refractivity contribution in [3.8, 4) is 17.6 Å². The van der Waals surface area contributed by atoms with E-state index in [1.54, 1.807) is 34.4 Å². The molecule has 0 atom stereocenters. The Morgan fingerprint density at radius 3 is 2.76 bits per heavy atom. The molecule has 0 radical (unpaired) electrons. The maximum absolute atomic E-state index is 13.1. The van der Waals surface area contributed by atoms with Crippen LogP contribution in [0.15, 0.2) is 60.0 Å². The topological polar surface area (TPSA) is 74.6 Å². The molecule has 4 rings (SSSR count). The SMILES string of the molecule is N#Cc1cccc(NCC(=O)N(Cc2cccs2)c2ccc3c(c2)OCCO3)c1. The Morgan fingerprint density at radius 2 is 1.97 bits per heavy atom. The minimum atomic E-state index is -0.0857. The summed E-state index contributed by atoms with van der Waals surface area (Å²) in [6.45, 7) is 1.59. The molecule has 0 spiro atoms. The zero-order chi connectivity index (χ0) is 20.1. The van der Waals surface area contributed by atoms with E-state index in [0.717, 1.165) is 16.3 Å². The minimum Gasteiger partial charge on any atom is -0.486 e. The number of hydrogen-bond acceptors (Lipinski definition) is 6. The van der Waals surface area contributed by atoms with Gasteiger partial charge in [-0.25, -0.2) is 0 Å². The highest BCUT2D eigenvalue weighted by Gasteiger charge is 2.20. The van der Waals surface area contributed by atoms with Crippen LogP contribution in [-0.2, 0) is 11.3 Å². The van der Waals surface area contributed by atoms with Gasteiger partial charge in [-0.2, -0.15) is 5.26 Å². The summed E-state index contributed by atoms with van der Waals surface area (Å²) >= 11 is 1.61. The van der Waals surface area contributed by atoms with Crippen LogP contribution in [0, 0.1) is 11.3 Å². The quantitative estimate of drug-likeness (QED) is 0.670. The lowest BCUT2D eigenvalue weighted by atomic mass is 10.2. The molecule has 0 unspecified atom stereocenters. The van der Waals surface area contributed by atoms with Gasteiger partial charge in [-0.05, 0) is 41.8 Å². The highest BCUT2D eigenvalue weighted by Crippen LogP contribution is 2.34. The number of amides is 1. The highest BCUT2D eigenvalue weighted by molar-refractivity contribution is 7.09. The lowest BCUT2D eigenvalue weighted by Crippen LogP contribution is -2.35. The standard InChI is InChI=1S/C22H19N3O3S/c23-13-16-3-1-4-17(11-16)24-14-22(26)25(15-19-5-2-10-29-19)18-6-7-20-21(12-18)28-9-8-27-20/h1-7,10-12,24H,8-9,14-15H2. The van der Waals surface area contributed by atoms with Gasteiger partial charge in [0.05, 0.1) is 24.7 Å². The van der Waals surface area contributed by atoms with Crippen molar-refractivity contribution < 1.29 is 14.3 Å². The fraction of sp³-hybridized carbons (Fsp3) is 0.182. The molecule has 1 amide bonds.